The Morgan fingerprint density at radius 2 is 2.47 bits per heavy atom. The minimum absolute atomic E-state index is 0.00178. The van der Waals surface area contributed by atoms with E-state index in [1.165, 1.54) is 16.7 Å². The molecule has 1 aromatic heterocycles. The number of aliphatic hydroxyl groups is 1. The van der Waals surface area contributed by atoms with Crippen molar-refractivity contribution in [1.29, 1.82) is 0 Å². The van der Waals surface area contributed by atoms with Crippen LogP contribution in [0.15, 0.2) is 5.38 Å². The van der Waals surface area contributed by atoms with Crippen LogP contribution in [0.25, 0.3) is 0 Å². The molecule has 17 heavy (non-hydrogen) atoms. The lowest BCUT2D eigenvalue weighted by Crippen LogP contribution is -2.48. The van der Waals surface area contributed by atoms with Crippen LogP contribution in [0.5, 0.6) is 0 Å². The third-order valence-corrected chi connectivity index (χ3v) is 3.41. The second-order valence-electron chi connectivity index (χ2n) is 3.98. The standard InChI is InChI=1S/C10H14N2O4S/c1-6-2-12(3-7(4-13)16-6)10-11-8(5-17-10)9(14)15/h5-7,13H,2-4H2,1H3,(H,14,15). The van der Waals surface area contributed by atoms with Crippen molar-refractivity contribution in [3.63, 3.8) is 0 Å². The minimum Gasteiger partial charge on any atom is -0.476 e. The molecule has 94 valence electrons. The van der Waals surface area contributed by atoms with Gasteiger partial charge in [-0.05, 0) is 6.92 Å². The number of aromatic nitrogens is 1. The summed E-state index contributed by atoms with van der Waals surface area (Å²) in [4.78, 5) is 16.7. The minimum atomic E-state index is -1.02. The number of aromatic carboxylic acids is 1. The molecule has 0 aliphatic carbocycles. The van der Waals surface area contributed by atoms with Crippen LogP contribution in [0, 0.1) is 0 Å². The van der Waals surface area contributed by atoms with E-state index in [0.29, 0.717) is 18.2 Å². The van der Waals surface area contributed by atoms with E-state index >= 15 is 0 Å². The Morgan fingerprint density at radius 3 is 3.06 bits per heavy atom. The molecule has 0 aromatic carbocycles. The van der Waals surface area contributed by atoms with Crippen molar-refractivity contribution in [3.05, 3.63) is 11.1 Å². The van der Waals surface area contributed by atoms with E-state index in [1.807, 2.05) is 11.8 Å². The number of thiazole rings is 1. The summed E-state index contributed by atoms with van der Waals surface area (Å²) in [5.41, 5.74) is 0.0599. The molecule has 0 radical (unpaired) electrons. The van der Waals surface area contributed by atoms with Crippen LogP contribution in [-0.2, 0) is 4.74 Å². The summed E-state index contributed by atoms with van der Waals surface area (Å²) in [6.45, 7) is 3.06. The predicted octanol–water partition coefficient (Wildman–Crippen LogP) is 0.427. The van der Waals surface area contributed by atoms with Gasteiger partial charge in [0.25, 0.3) is 0 Å². The Hall–Kier alpha value is -1.18. The van der Waals surface area contributed by atoms with Crippen molar-refractivity contribution in [2.75, 3.05) is 24.6 Å². The van der Waals surface area contributed by atoms with Gasteiger partial charge in [0, 0.05) is 18.5 Å². The summed E-state index contributed by atoms with van der Waals surface area (Å²) in [5, 5.41) is 20.1. The lowest BCUT2D eigenvalue weighted by Gasteiger charge is -2.35. The molecule has 0 amide bonds. The summed E-state index contributed by atoms with van der Waals surface area (Å²) in [7, 11) is 0. The van der Waals surface area contributed by atoms with E-state index in [-0.39, 0.29) is 24.5 Å². The molecule has 2 N–H and O–H groups in total. The van der Waals surface area contributed by atoms with Crippen molar-refractivity contribution in [3.8, 4) is 0 Å². The number of carbonyl (C=O) groups is 1. The molecule has 2 rings (SSSR count). The van der Waals surface area contributed by atoms with Crippen LogP contribution in [0.1, 0.15) is 17.4 Å². The number of hydrogen-bond acceptors (Lipinski definition) is 6. The average molecular weight is 258 g/mol. The second kappa shape index (κ2) is 4.99. The zero-order valence-electron chi connectivity index (χ0n) is 9.37. The maximum atomic E-state index is 10.7. The van der Waals surface area contributed by atoms with Gasteiger partial charge in [-0.15, -0.1) is 11.3 Å². The molecule has 2 atom stereocenters. The fourth-order valence-electron chi connectivity index (χ4n) is 1.81. The zero-order valence-corrected chi connectivity index (χ0v) is 10.2. The molecule has 1 aliphatic heterocycles. The first-order valence-electron chi connectivity index (χ1n) is 5.30. The molecule has 1 fully saturated rings. The second-order valence-corrected chi connectivity index (χ2v) is 4.81. The molecule has 1 saturated heterocycles. The van der Waals surface area contributed by atoms with Crippen LogP contribution >= 0.6 is 11.3 Å². The Labute approximate surface area is 102 Å². The number of carboxylic acid groups (broad SMARTS) is 1. The van der Waals surface area contributed by atoms with Crippen LogP contribution in [-0.4, -0.2) is 53.1 Å². The van der Waals surface area contributed by atoms with Gasteiger partial charge in [0.05, 0.1) is 18.8 Å². The molecular formula is C10H14N2O4S. The van der Waals surface area contributed by atoms with Crippen LogP contribution in [0.3, 0.4) is 0 Å². The fraction of sp³-hybridized carbons (Fsp3) is 0.600. The van der Waals surface area contributed by atoms with Gasteiger partial charge >= 0.3 is 5.97 Å². The number of anilines is 1. The van der Waals surface area contributed by atoms with Gasteiger partial charge in [-0.2, -0.15) is 0 Å². The van der Waals surface area contributed by atoms with Gasteiger partial charge in [0.2, 0.25) is 0 Å². The Morgan fingerprint density at radius 1 is 1.71 bits per heavy atom. The SMILES string of the molecule is CC1CN(c2nc(C(=O)O)cs2)CC(CO)O1. The molecule has 0 spiro atoms. The van der Waals surface area contributed by atoms with Crippen LogP contribution < -0.4 is 4.90 Å². The highest BCUT2D eigenvalue weighted by Crippen LogP contribution is 2.24. The maximum Gasteiger partial charge on any atom is 0.355 e. The summed E-state index contributed by atoms with van der Waals surface area (Å²) in [6.07, 6.45) is -0.242. The third kappa shape index (κ3) is 2.74. The average Bonchev–Trinajstić information content (AvgIpc) is 2.77. The van der Waals surface area contributed by atoms with E-state index in [4.69, 9.17) is 14.9 Å². The quantitative estimate of drug-likeness (QED) is 0.818. The highest BCUT2D eigenvalue weighted by Gasteiger charge is 2.26. The van der Waals surface area contributed by atoms with Crippen molar-refractivity contribution in [2.24, 2.45) is 0 Å². The lowest BCUT2D eigenvalue weighted by molar-refractivity contribution is -0.0421. The number of rotatable bonds is 3. The predicted molar refractivity (Wildman–Crippen MR) is 62.7 cm³/mol. The number of carboxylic acids is 1. The van der Waals surface area contributed by atoms with Crippen LogP contribution in [0.4, 0.5) is 5.13 Å². The first-order valence-corrected chi connectivity index (χ1v) is 6.18. The van der Waals surface area contributed by atoms with Gasteiger partial charge in [-0.3, -0.25) is 0 Å². The fourth-order valence-corrected chi connectivity index (χ4v) is 2.63. The van der Waals surface area contributed by atoms with E-state index in [1.54, 1.807) is 0 Å². The largest absolute Gasteiger partial charge is 0.476 e. The first-order chi connectivity index (χ1) is 8.10. The third-order valence-electron chi connectivity index (χ3n) is 2.51. The molecule has 2 unspecified atom stereocenters. The van der Waals surface area contributed by atoms with Crippen molar-refractivity contribution in [1.82, 2.24) is 4.98 Å². The van der Waals surface area contributed by atoms with Crippen LogP contribution in [0.2, 0.25) is 0 Å². The van der Waals surface area contributed by atoms with Gasteiger partial charge < -0.3 is 19.8 Å². The number of morpholine rings is 1. The topological polar surface area (TPSA) is 82.9 Å². The molecule has 0 bridgehead atoms. The van der Waals surface area contributed by atoms with Gasteiger partial charge in [-0.1, -0.05) is 0 Å². The van der Waals surface area contributed by atoms with Gasteiger partial charge in [0.15, 0.2) is 10.8 Å². The highest BCUT2D eigenvalue weighted by atomic mass is 32.1. The Bertz CT molecular complexity index is 409. The number of hydrogen-bond donors (Lipinski definition) is 2. The lowest BCUT2D eigenvalue weighted by atomic mass is 10.2. The summed E-state index contributed by atoms with van der Waals surface area (Å²) >= 11 is 1.30. The number of ether oxygens (including phenoxy) is 1. The molecule has 6 nitrogen and oxygen atoms in total. The van der Waals surface area contributed by atoms with Gasteiger partial charge in [0.1, 0.15) is 0 Å². The molecule has 1 aliphatic rings. The Kier molecular flexibility index (Phi) is 3.60. The maximum absolute atomic E-state index is 10.7. The number of nitrogens with zero attached hydrogens (tertiary/aromatic N) is 2. The van der Waals surface area contributed by atoms with E-state index in [2.05, 4.69) is 4.98 Å². The molecule has 7 heteroatoms. The highest BCUT2D eigenvalue weighted by molar-refractivity contribution is 7.13. The molecular weight excluding hydrogens is 244 g/mol. The molecule has 0 saturated carbocycles. The summed E-state index contributed by atoms with van der Waals surface area (Å²) in [6, 6.07) is 0. The molecule has 1 aromatic rings. The monoisotopic (exact) mass is 258 g/mol. The van der Waals surface area contributed by atoms with Crippen molar-refractivity contribution >= 4 is 22.4 Å². The van der Waals surface area contributed by atoms with E-state index in [0.717, 1.165) is 0 Å². The zero-order chi connectivity index (χ0) is 12.4. The van der Waals surface area contributed by atoms with E-state index in [9.17, 15) is 4.79 Å². The van der Waals surface area contributed by atoms with Crippen molar-refractivity contribution < 1.29 is 19.7 Å². The van der Waals surface area contributed by atoms with E-state index < -0.39 is 5.97 Å². The number of aliphatic hydroxyl groups excluding tert-OH is 1. The summed E-state index contributed by atoms with van der Waals surface area (Å²) in [5.74, 6) is -1.02. The molecule has 2 heterocycles. The Balaban J connectivity index is 2.12. The smallest absolute Gasteiger partial charge is 0.355 e. The first kappa shape index (κ1) is 12.3. The van der Waals surface area contributed by atoms with Crippen molar-refractivity contribution in [2.45, 2.75) is 19.1 Å². The van der Waals surface area contributed by atoms with Gasteiger partial charge in [-0.25, -0.2) is 9.78 Å². The summed E-state index contributed by atoms with van der Waals surface area (Å²) < 4.78 is 5.51. The normalized spacial score (nSPS) is 24.9.